The number of benzene rings is 1. The van der Waals surface area contributed by atoms with E-state index >= 15 is 0 Å². The summed E-state index contributed by atoms with van der Waals surface area (Å²) in [6.45, 7) is 1.45. The molecule has 0 aliphatic heterocycles. The van der Waals surface area contributed by atoms with Crippen LogP contribution in [0.15, 0.2) is 36.4 Å². The first kappa shape index (κ1) is 13.8. The molecule has 0 saturated carbocycles. The number of H-pyrrole nitrogens is 1. The molecule has 0 aliphatic carbocycles. The van der Waals surface area contributed by atoms with Crippen LogP contribution in [-0.2, 0) is 4.79 Å². The van der Waals surface area contributed by atoms with Gasteiger partial charge in [0.25, 0.3) is 5.91 Å². The zero-order valence-electron chi connectivity index (χ0n) is 11.2. The number of carbonyl (C=O) groups is 2. The molecule has 1 aromatic carbocycles. The highest BCUT2D eigenvalue weighted by molar-refractivity contribution is 5.95. The Bertz CT molecular complexity index is 622. The summed E-state index contributed by atoms with van der Waals surface area (Å²) < 4.78 is 0. The first-order valence-corrected chi connectivity index (χ1v) is 6.11. The number of aromatic nitrogens is 2. The van der Waals surface area contributed by atoms with Gasteiger partial charge in [0.1, 0.15) is 11.7 Å². The second-order valence-electron chi connectivity index (χ2n) is 4.46. The molecule has 6 heteroatoms. The van der Waals surface area contributed by atoms with Crippen molar-refractivity contribution in [2.45, 2.75) is 13.0 Å². The van der Waals surface area contributed by atoms with E-state index in [0.29, 0.717) is 5.69 Å². The van der Waals surface area contributed by atoms with Crippen LogP contribution in [0.3, 0.4) is 0 Å². The Morgan fingerprint density at radius 2 is 1.95 bits per heavy atom. The number of likely N-dealkylation sites (N-methyl/N-ethyl adjacent to an activating group) is 1. The van der Waals surface area contributed by atoms with Gasteiger partial charge in [-0.3, -0.25) is 9.89 Å². The summed E-state index contributed by atoms with van der Waals surface area (Å²) in [7, 11) is 1.45. The first-order chi connectivity index (χ1) is 9.50. The molecular weight excluding hydrogens is 258 g/mol. The van der Waals surface area contributed by atoms with Crippen LogP contribution in [0.25, 0.3) is 11.3 Å². The summed E-state index contributed by atoms with van der Waals surface area (Å²) in [6.07, 6.45) is 0. The number of nitrogens with one attached hydrogen (secondary N) is 1. The minimum atomic E-state index is -1.05. The van der Waals surface area contributed by atoms with E-state index in [-0.39, 0.29) is 5.69 Å². The van der Waals surface area contributed by atoms with Crippen LogP contribution in [0.5, 0.6) is 0 Å². The van der Waals surface area contributed by atoms with Crippen molar-refractivity contribution in [2.75, 3.05) is 7.05 Å². The Balaban J connectivity index is 2.21. The summed E-state index contributed by atoms with van der Waals surface area (Å²) in [5.74, 6) is -1.46. The molecule has 1 aromatic heterocycles. The Morgan fingerprint density at radius 3 is 2.55 bits per heavy atom. The molecule has 1 heterocycles. The molecule has 1 unspecified atom stereocenters. The number of hydrogen-bond donors (Lipinski definition) is 2. The molecule has 0 spiro atoms. The fourth-order valence-electron chi connectivity index (χ4n) is 1.72. The minimum Gasteiger partial charge on any atom is -0.480 e. The van der Waals surface area contributed by atoms with Gasteiger partial charge in [0.05, 0.1) is 5.69 Å². The van der Waals surface area contributed by atoms with E-state index < -0.39 is 17.9 Å². The molecule has 0 fully saturated rings. The highest BCUT2D eigenvalue weighted by atomic mass is 16.4. The smallest absolute Gasteiger partial charge is 0.326 e. The second-order valence-corrected chi connectivity index (χ2v) is 4.46. The average molecular weight is 273 g/mol. The molecule has 0 saturated heterocycles. The van der Waals surface area contributed by atoms with E-state index in [1.807, 2.05) is 30.3 Å². The summed E-state index contributed by atoms with van der Waals surface area (Å²) in [5.41, 5.74) is 1.79. The molecule has 20 heavy (non-hydrogen) atoms. The fourth-order valence-corrected chi connectivity index (χ4v) is 1.72. The van der Waals surface area contributed by atoms with Gasteiger partial charge in [0.15, 0.2) is 0 Å². The van der Waals surface area contributed by atoms with E-state index in [1.54, 1.807) is 6.07 Å². The fraction of sp³-hybridized carbons (Fsp3) is 0.214. The summed E-state index contributed by atoms with van der Waals surface area (Å²) in [4.78, 5) is 24.2. The van der Waals surface area contributed by atoms with Crippen LogP contribution in [0.4, 0.5) is 0 Å². The van der Waals surface area contributed by atoms with Crippen LogP contribution >= 0.6 is 0 Å². The van der Waals surface area contributed by atoms with E-state index in [4.69, 9.17) is 5.11 Å². The number of aliphatic carboxylic acids is 1. The highest BCUT2D eigenvalue weighted by Gasteiger charge is 2.24. The molecule has 0 radical (unpaired) electrons. The molecule has 6 nitrogen and oxygen atoms in total. The number of aromatic amines is 1. The van der Waals surface area contributed by atoms with Crippen molar-refractivity contribution < 1.29 is 14.7 Å². The number of amides is 1. The van der Waals surface area contributed by atoms with Gasteiger partial charge in [-0.2, -0.15) is 5.10 Å². The maximum absolute atomic E-state index is 12.1. The standard InChI is InChI=1S/C14H15N3O3/c1-9(14(19)20)17(2)13(18)12-8-11(15-16-12)10-6-4-3-5-7-10/h3-9H,1-2H3,(H,15,16)(H,19,20). The van der Waals surface area contributed by atoms with Crippen molar-refractivity contribution in [1.29, 1.82) is 0 Å². The Kier molecular flexibility index (Phi) is 3.84. The van der Waals surface area contributed by atoms with Gasteiger partial charge in [-0.15, -0.1) is 0 Å². The third-order valence-corrected chi connectivity index (χ3v) is 3.14. The lowest BCUT2D eigenvalue weighted by molar-refractivity contribution is -0.141. The second kappa shape index (κ2) is 5.56. The van der Waals surface area contributed by atoms with Crippen molar-refractivity contribution in [3.05, 3.63) is 42.1 Å². The lowest BCUT2D eigenvalue weighted by atomic mass is 10.1. The minimum absolute atomic E-state index is 0.263. The summed E-state index contributed by atoms with van der Waals surface area (Å²) >= 11 is 0. The topological polar surface area (TPSA) is 86.3 Å². The van der Waals surface area contributed by atoms with E-state index in [1.165, 1.54) is 14.0 Å². The monoisotopic (exact) mass is 273 g/mol. The van der Waals surface area contributed by atoms with Gasteiger partial charge in [-0.05, 0) is 13.0 Å². The van der Waals surface area contributed by atoms with Crippen LogP contribution in [-0.4, -0.2) is 45.2 Å². The van der Waals surface area contributed by atoms with Crippen molar-refractivity contribution in [2.24, 2.45) is 0 Å². The van der Waals surface area contributed by atoms with Crippen LogP contribution in [0.2, 0.25) is 0 Å². The van der Waals surface area contributed by atoms with Crippen LogP contribution in [0.1, 0.15) is 17.4 Å². The van der Waals surface area contributed by atoms with Gasteiger partial charge in [-0.25, -0.2) is 4.79 Å². The van der Waals surface area contributed by atoms with Gasteiger partial charge in [-0.1, -0.05) is 30.3 Å². The van der Waals surface area contributed by atoms with Crippen molar-refractivity contribution >= 4 is 11.9 Å². The molecule has 2 rings (SSSR count). The predicted octanol–water partition coefficient (Wildman–Crippen LogP) is 1.62. The molecule has 0 bridgehead atoms. The van der Waals surface area contributed by atoms with E-state index in [2.05, 4.69) is 10.2 Å². The van der Waals surface area contributed by atoms with E-state index in [9.17, 15) is 9.59 Å². The number of rotatable bonds is 4. The van der Waals surface area contributed by atoms with Crippen LogP contribution < -0.4 is 0 Å². The Labute approximate surface area is 116 Å². The third-order valence-electron chi connectivity index (χ3n) is 3.14. The van der Waals surface area contributed by atoms with Crippen molar-refractivity contribution in [3.8, 4) is 11.3 Å². The normalized spacial score (nSPS) is 11.9. The van der Waals surface area contributed by atoms with E-state index in [0.717, 1.165) is 10.5 Å². The SMILES string of the molecule is CC(C(=O)O)N(C)C(=O)c1cc(-c2ccccc2)n[nH]1. The molecule has 1 amide bonds. The Morgan fingerprint density at radius 1 is 1.30 bits per heavy atom. The number of carboxylic acid groups (broad SMARTS) is 1. The number of carbonyl (C=O) groups excluding carboxylic acids is 1. The molecule has 1 atom stereocenters. The van der Waals surface area contributed by atoms with Crippen LogP contribution in [0, 0.1) is 0 Å². The summed E-state index contributed by atoms with van der Waals surface area (Å²) in [5, 5.41) is 15.6. The largest absolute Gasteiger partial charge is 0.480 e. The summed E-state index contributed by atoms with van der Waals surface area (Å²) in [6, 6.07) is 10.1. The third kappa shape index (κ3) is 2.69. The quantitative estimate of drug-likeness (QED) is 0.886. The Hall–Kier alpha value is -2.63. The van der Waals surface area contributed by atoms with Gasteiger partial charge in [0.2, 0.25) is 0 Å². The lowest BCUT2D eigenvalue weighted by Crippen LogP contribution is -2.40. The van der Waals surface area contributed by atoms with Crippen molar-refractivity contribution in [3.63, 3.8) is 0 Å². The predicted molar refractivity (Wildman–Crippen MR) is 73.2 cm³/mol. The van der Waals surface area contributed by atoms with Gasteiger partial charge < -0.3 is 10.0 Å². The first-order valence-electron chi connectivity index (χ1n) is 6.11. The zero-order valence-corrected chi connectivity index (χ0v) is 11.2. The van der Waals surface area contributed by atoms with Gasteiger partial charge in [0, 0.05) is 12.6 Å². The molecule has 2 N–H and O–H groups in total. The van der Waals surface area contributed by atoms with Gasteiger partial charge >= 0.3 is 5.97 Å². The highest BCUT2D eigenvalue weighted by Crippen LogP contribution is 2.17. The zero-order chi connectivity index (χ0) is 14.7. The maximum Gasteiger partial charge on any atom is 0.326 e. The number of carboxylic acids is 1. The molecular formula is C14H15N3O3. The molecule has 0 aliphatic rings. The lowest BCUT2D eigenvalue weighted by Gasteiger charge is -2.20. The number of hydrogen-bond acceptors (Lipinski definition) is 3. The molecule has 2 aromatic rings. The average Bonchev–Trinajstić information content (AvgIpc) is 2.95. The van der Waals surface area contributed by atoms with Crippen molar-refractivity contribution in [1.82, 2.24) is 15.1 Å². The number of nitrogens with zero attached hydrogens (tertiary/aromatic N) is 2. The molecule has 104 valence electrons. The maximum atomic E-state index is 12.1.